The number of nitrogen functional groups attached to an aromatic ring is 1. The molecule has 0 saturated heterocycles. The molecule has 0 aromatic carbocycles. The highest BCUT2D eigenvalue weighted by Gasteiger charge is 2.39. The van der Waals surface area contributed by atoms with Gasteiger partial charge in [-0.2, -0.15) is 0 Å². The Hall–Kier alpha value is -1.05. The summed E-state index contributed by atoms with van der Waals surface area (Å²) in [6.45, 7) is 2.15. The van der Waals surface area contributed by atoms with E-state index in [9.17, 15) is 0 Å². The summed E-state index contributed by atoms with van der Waals surface area (Å²) in [6.07, 6.45) is 8.81. The molecule has 3 unspecified atom stereocenters. The summed E-state index contributed by atoms with van der Waals surface area (Å²) in [5.74, 6) is 3.63. The zero-order valence-electron chi connectivity index (χ0n) is 9.95. The van der Waals surface area contributed by atoms with Gasteiger partial charge in [0.05, 0.1) is 0 Å². The van der Waals surface area contributed by atoms with E-state index in [2.05, 4.69) is 18.0 Å². The first kappa shape index (κ1) is 10.1. The number of hydrogen-bond acceptors (Lipinski definition) is 2. The molecular weight excluding hydrogens is 196 g/mol. The lowest BCUT2D eigenvalue weighted by Gasteiger charge is -2.22. The molecule has 0 amide bonds. The van der Waals surface area contributed by atoms with E-state index in [1.807, 2.05) is 6.20 Å². The van der Waals surface area contributed by atoms with Crippen LogP contribution in [0.5, 0.6) is 0 Å². The first-order valence-corrected chi connectivity index (χ1v) is 6.44. The summed E-state index contributed by atoms with van der Waals surface area (Å²) in [4.78, 5) is 4.22. The van der Waals surface area contributed by atoms with Crippen LogP contribution in [0.15, 0.2) is 12.3 Å². The van der Waals surface area contributed by atoms with Crippen molar-refractivity contribution < 1.29 is 0 Å². The Morgan fingerprint density at radius 2 is 2.25 bits per heavy atom. The van der Waals surface area contributed by atoms with Crippen molar-refractivity contribution in [2.24, 2.45) is 17.8 Å². The maximum atomic E-state index is 5.99. The third-order valence-electron chi connectivity index (χ3n) is 4.67. The van der Waals surface area contributed by atoms with Crippen LogP contribution < -0.4 is 5.73 Å². The average molecular weight is 216 g/mol. The number of nitrogens with two attached hydrogens (primary N) is 1. The van der Waals surface area contributed by atoms with E-state index in [0.717, 1.165) is 30.0 Å². The van der Waals surface area contributed by atoms with Crippen molar-refractivity contribution in [3.63, 3.8) is 0 Å². The van der Waals surface area contributed by atoms with Gasteiger partial charge in [-0.3, -0.25) is 0 Å². The number of aryl methyl sites for hydroxylation is 1. The maximum absolute atomic E-state index is 5.99. The van der Waals surface area contributed by atoms with Gasteiger partial charge in [-0.1, -0.05) is 6.42 Å². The molecule has 2 heteroatoms. The van der Waals surface area contributed by atoms with Crippen molar-refractivity contribution in [3.8, 4) is 0 Å². The van der Waals surface area contributed by atoms with E-state index in [1.165, 1.54) is 36.8 Å². The van der Waals surface area contributed by atoms with Gasteiger partial charge in [0.25, 0.3) is 0 Å². The molecule has 2 nitrogen and oxygen atoms in total. The van der Waals surface area contributed by atoms with E-state index < -0.39 is 0 Å². The van der Waals surface area contributed by atoms with Crippen LogP contribution in [0, 0.1) is 24.7 Å². The molecule has 0 spiro atoms. The highest BCUT2D eigenvalue weighted by Crippen LogP contribution is 2.49. The monoisotopic (exact) mass is 216 g/mol. The molecule has 0 radical (unpaired) electrons. The van der Waals surface area contributed by atoms with Crippen LogP contribution in [0.2, 0.25) is 0 Å². The minimum atomic E-state index is 0.753. The van der Waals surface area contributed by atoms with E-state index in [1.54, 1.807) is 0 Å². The van der Waals surface area contributed by atoms with Gasteiger partial charge in [0.15, 0.2) is 0 Å². The SMILES string of the molecule is Cc1ccnc(N)c1CC1CC2CCC1C2. The smallest absolute Gasteiger partial charge is 0.126 e. The second-order valence-electron chi connectivity index (χ2n) is 5.63. The highest BCUT2D eigenvalue weighted by atomic mass is 14.8. The topological polar surface area (TPSA) is 38.9 Å². The molecule has 1 aromatic rings. The Morgan fingerprint density at radius 3 is 2.88 bits per heavy atom. The zero-order chi connectivity index (χ0) is 11.1. The molecule has 2 N–H and O–H groups in total. The lowest BCUT2D eigenvalue weighted by atomic mass is 9.83. The molecular formula is C14H20N2. The standard InChI is InChI=1S/C14H20N2/c1-9-4-5-16-14(15)13(9)8-12-7-10-2-3-11(12)6-10/h4-5,10-12H,2-3,6-8H2,1H3,(H2,15,16). The average Bonchev–Trinajstić information content (AvgIpc) is 2.85. The first-order chi connectivity index (χ1) is 7.74. The van der Waals surface area contributed by atoms with Crippen molar-refractivity contribution in [1.29, 1.82) is 0 Å². The Kier molecular flexibility index (Phi) is 2.38. The zero-order valence-corrected chi connectivity index (χ0v) is 9.95. The van der Waals surface area contributed by atoms with Crippen LogP contribution in [0.1, 0.15) is 36.8 Å². The Bertz CT molecular complexity index is 379. The summed E-state index contributed by atoms with van der Waals surface area (Å²) in [7, 11) is 0. The number of anilines is 1. The van der Waals surface area contributed by atoms with Gasteiger partial charge >= 0.3 is 0 Å². The van der Waals surface area contributed by atoms with Gasteiger partial charge in [-0.05, 0) is 67.6 Å². The number of nitrogens with zero attached hydrogens (tertiary/aromatic N) is 1. The molecule has 16 heavy (non-hydrogen) atoms. The Morgan fingerprint density at radius 1 is 1.38 bits per heavy atom. The Labute approximate surface area is 97.3 Å². The quantitative estimate of drug-likeness (QED) is 0.825. The Balaban J connectivity index is 1.79. The van der Waals surface area contributed by atoms with Gasteiger partial charge in [0, 0.05) is 6.20 Å². The van der Waals surface area contributed by atoms with Crippen molar-refractivity contribution in [2.45, 2.75) is 39.0 Å². The largest absolute Gasteiger partial charge is 0.383 e. The molecule has 2 fully saturated rings. The fraction of sp³-hybridized carbons (Fsp3) is 0.643. The summed E-state index contributed by atoms with van der Waals surface area (Å²) in [6, 6.07) is 2.08. The third-order valence-corrected chi connectivity index (χ3v) is 4.67. The molecule has 2 aliphatic carbocycles. The van der Waals surface area contributed by atoms with Crippen molar-refractivity contribution >= 4 is 5.82 Å². The second kappa shape index (κ2) is 3.76. The predicted octanol–water partition coefficient (Wildman–Crippen LogP) is 2.95. The van der Waals surface area contributed by atoms with Crippen LogP contribution in [0.3, 0.4) is 0 Å². The van der Waals surface area contributed by atoms with Crippen LogP contribution in [0.25, 0.3) is 0 Å². The molecule has 2 saturated carbocycles. The van der Waals surface area contributed by atoms with Crippen LogP contribution in [-0.4, -0.2) is 4.98 Å². The molecule has 2 bridgehead atoms. The van der Waals surface area contributed by atoms with Crippen LogP contribution in [0.4, 0.5) is 5.82 Å². The van der Waals surface area contributed by atoms with E-state index in [4.69, 9.17) is 5.73 Å². The summed E-state index contributed by atoms with van der Waals surface area (Å²) >= 11 is 0. The van der Waals surface area contributed by atoms with Gasteiger partial charge in [-0.15, -0.1) is 0 Å². The van der Waals surface area contributed by atoms with Crippen molar-refractivity contribution in [1.82, 2.24) is 4.98 Å². The predicted molar refractivity (Wildman–Crippen MR) is 66.0 cm³/mol. The molecule has 1 aromatic heterocycles. The normalized spacial score (nSPS) is 32.2. The van der Waals surface area contributed by atoms with E-state index >= 15 is 0 Å². The molecule has 1 heterocycles. The minimum absolute atomic E-state index is 0.753. The fourth-order valence-electron chi connectivity index (χ4n) is 3.76. The van der Waals surface area contributed by atoms with Gasteiger partial charge in [-0.25, -0.2) is 4.98 Å². The number of fused-ring (bicyclic) bond motifs is 2. The molecule has 86 valence electrons. The fourth-order valence-corrected chi connectivity index (χ4v) is 3.76. The second-order valence-corrected chi connectivity index (χ2v) is 5.63. The number of pyridine rings is 1. The molecule has 2 aliphatic rings. The summed E-state index contributed by atoms with van der Waals surface area (Å²) < 4.78 is 0. The van der Waals surface area contributed by atoms with Gasteiger partial charge in [0.1, 0.15) is 5.82 Å². The third kappa shape index (κ3) is 1.60. The van der Waals surface area contributed by atoms with E-state index in [0.29, 0.717) is 0 Å². The summed E-state index contributed by atoms with van der Waals surface area (Å²) in [5, 5.41) is 0. The highest BCUT2D eigenvalue weighted by molar-refractivity contribution is 5.44. The van der Waals surface area contributed by atoms with Crippen LogP contribution in [-0.2, 0) is 6.42 Å². The van der Waals surface area contributed by atoms with Gasteiger partial charge in [0.2, 0.25) is 0 Å². The summed E-state index contributed by atoms with van der Waals surface area (Å²) in [5.41, 5.74) is 8.61. The van der Waals surface area contributed by atoms with Crippen molar-refractivity contribution in [2.75, 3.05) is 5.73 Å². The number of hydrogen-bond donors (Lipinski definition) is 1. The number of aromatic nitrogens is 1. The molecule has 0 aliphatic heterocycles. The molecule has 3 atom stereocenters. The van der Waals surface area contributed by atoms with Crippen molar-refractivity contribution in [3.05, 3.63) is 23.4 Å². The van der Waals surface area contributed by atoms with Gasteiger partial charge < -0.3 is 5.73 Å². The first-order valence-electron chi connectivity index (χ1n) is 6.44. The molecule has 3 rings (SSSR count). The van der Waals surface area contributed by atoms with Crippen LogP contribution >= 0.6 is 0 Å². The minimum Gasteiger partial charge on any atom is -0.383 e. The number of rotatable bonds is 2. The lowest BCUT2D eigenvalue weighted by Crippen LogP contribution is -2.15. The van der Waals surface area contributed by atoms with E-state index in [-0.39, 0.29) is 0 Å². The maximum Gasteiger partial charge on any atom is 0.126 e. The lowest BCUT2D eigenvalue weighted by molar-refractivity contribution is 0.331.